The third-order valence-electron chi connectivity index (χ3n) is 10.3. The molecule has 15 heteroatoms. The zero-order chi connectivity index (χ0) is 38.4. The van der Waals surface area contributed by atoms with Gasteiger partial charge in [0.15, 0.2) is 0 Å². The van der Waals surface area contributed by atoms with Gasteiger partial charge in [0.25, 0.3) is 17.7 Å². The van der Waals surface area contributed by atoms with E-state index in [9.17, 15) is 28.7 Å². The van der Waals surface area contributed by atoms with Crippen molar-refractivity contribution in [1.29, 1.82) is 0 Å². The molecule has 0 saturated carbocycles. The van der Waals surface area contributed by atoms with E-state index in [1.54, 1.807) is 15.7 Å². The molecule has 1 unspecified atom stereocenters. The molecule has 4 amide bonds. The minimum absolute atomic E-state index is 0.0222. The van der Waals surface area contributed by atoms with Crippen LogP contribution in [-0.4, -0.2) is 118 Å². The first-order valence-corrected chi connectivity index (χ1v) is 18.3. The summed E-state index contributed by atoms with van der Waals surface area (Å²) in [7, 11) is 0. The summed E-state index contributed by atoms with van der Waals surface area (Å²) < 4.78 is 52.1. The molecule has 0 radical (unpaired) electrons. The zero-order valence-electron chi connectivity index (χ0n) is 30.1. The van der Waals surface area contributed by atoms with Crippen molar-refractivity contribution in [2.75, 3.05) is 52.5 Å². The number of piperidine rings is 1. The molecule has 3 aromatic rings. The smallest absolute Gasteiger partial charge is 0.253 e. The Labute approximate surface area is 311 Å². The van der Waals surface area contributed by atoms with Gasteiger partial charge < -0.3 is 29.5 Å². The van der Waals surface area contributed by atoms with E-state index < -0.39 is 53.6 Å². The predicted octanol–water partition coefficient (Wildman–Crippen LogP) is 3.25. The summed E-state index contributed by atoms with van der Waals surface area (Å²) in [5.41, 5.74) is 0.980. The summed E-state index contributed by atoms with van der Waals surface area (Å²) in [5, 5.41) is 13.7. The second-order valence-electron chi connectivity index (χ2n) is 14.0. The summed E-state index contributed by atoms with van der Waals surface area (Å²) in [5.74, 6) is -3.40. The highest BCUT2D eigenvalue weighted by Gasteiger charge is 2.42. The number of hydrogen-bond acceptors (Lipinski definition) is 8. The van der Waals surface area contributed by atoms with Crippen LogP contribution in [0.4, 0.5) is 13.2 Å². The second-order valence-corrected chi connectivity index (χ2v) is 14.0. The summed E-state index contributed by atoms with van der Waals surface area (Å²) in [4.78, 5) is 59.8. The SMILES string of the molecule is C[C@H](O)C(=O)N(C[C@@H]1CNC[C@@H]1F)C(c1nc(-c2cc(F)ccc2F)cn1Cc1ccccc1)C1CCN(C(=O)CCOCCN2C(=O)C=CC2=O)CC1. The summed E-state index contributed by atoms with van der Waals surface area (Å²) in [6.45, 7) is 3.01. The number of imide groups is 1. The number of amides is 4. The number of ether oxygens (including phenoxy) is 1. The van der Waals surface area contributed by atoms with Crippen LogP contribution in [0.5, 0.6) is 0 Å². The number of nitrogens with one attached hydrogen (secondary N) is 1. The number of nitrogens with zero attached hydrogens (tertiary/aromatic N) is 5. The number of aromatic nitrogens is 2. The average molecular weight is 751 g/mol. The van der Waals surface area contributed by atoms with Gasteiger partial charge in [-0.2, -0.15) is 0 Å². The first-order chi connectivity index (χ1) is 26.0. The maximum absolute atomic E-state index is 15.2. The highest BCUT2D eigenvalue weighted by atomic mass is 19.1. The molecule has 2 saturated heterocycles. The van der Waals surface area contributed by atoms with E-state index in [4.69, 9.17) is 9.72 Å². The molecule has 0 aliphatic carbocycles. The molecule has 6 rings (SSSR count). The molecule has 288 valence electrons. The third-order valence-corrected chi connectivity index (χ3v) is 10.3. The van der Waals surface area contributed by atoms with Gasteiger partial charge in [-0.1, -0.05) is 30.3 Å². The molecule has 1 aromatic heterocycles. The maximum Gasteiger partial charge on any atom is 0.253 e. The van der Waals surface area contributed by atoms with Crippen molar-refractivity contribution in [2.24, 2.45) is 11.8 Å². The van der Waals surface area contributed by atoms with Crippen molar-refractivity contribution in [3.05, 3.63) is 89.9 Å². The standard InChI is InChI=1S/C39H45F3N6O6/c1-25(49)39(53)48(23-28-20-43-21-32(28)42)37(27-11-14-45(15-12-27)34(50)13-17-54-18-16-47-35(51)9-10-36(47)52)38-44-33(30-19-29(40)7-8-31(30)41)24-46(38)22-26-5-3-2-4-6-26/h2-10,19,24-25,27-28,32,37,43,49H,11-18,20-23H2,1H3/t25-,28-,32-,37?/m0/s1. The van der Waals surface area contributed by atoms with Crippen LogP contribution < -0.4 is 5.32 Å². The Morgan fingerprint density at radius 3 is 2.43 bits per heavy atom. The van der Waals surface area contributed by atoms with E-state index in [0.717, 1.165) is 28.7 Å². The molecule has 4 atom stereocenters. The van der Waals surface area contributed by atoms with Crippen LogP contribution >= 0.6 is 0 Å². The molecule has 2 N–H and O–H groups in total. The Morgan fingerprint density at radius 2 is 1.76 bits per heavy atom. The number of imidazole rings is 1. The van der Waals surface area contributed by atoms with Crippen LogP contribution in [0, 0.1) is 23.5 Å². The van der Waals surface area contributed by atoms with Gasteiger partial charge in [0, 0.05) is 69.1 Å². The molecule has 2 fully saturated rings. The molecule has 54 heavy (non-hydrogen) atoms. The molecule has 4 heterocycles. The zero-order valence-corrected chi connectivity index (χ0v) is 30.1. The lowest BCUT2D eigenvalue weighted by Gasteiger charge is -2.42. The fraction of sp³-hybridized carbons (Fsp3) is 0.462. The van der Waals surface area contributed by atoms with Gasteiger partial charge in [-0.3, -0.25) is 24.1 Å². The Hall–Kier alpha value is -4.86. The molecular formula is C39H45F3N6O6. The van der Waals surface area contributed by atoms with E-state index in [2.05, 4.69) is 5.32 Å². The largest absolute Gasteiger partial charge is 0.384 e. The van der Waals surface area contributed by atoms with Gasteiger partial charge in [-0.05, 0) is 49.4 Å². The maximum atomic E-state index is 15.2. The number of carbonyl (C=O) groups excluding carboxylic acids is 4. The Morgan fingerprint density at radius 1 is 1.04 bits per heavy atom. The number of halogens is 3. The number of likely N-dealkylation sites (tertiary alicyclic amines) is 1. The lowest BCUT2D eigenvalue weighted by molar-refractivity contribution is -0.146. The monoisotopic (exact) mass is 750 g/mol. The lowest BCUT2D eigenvalue weighted by Crippen LogP contribution is -2.50. The van der Waals surface area contributed by atoms with Crippen molar-refractivity contribution in [2.45, 2.75) is 51.0 Å². The van der Waals surface area contributed by atoms with E-state index in [-0.39, 0.29) is 68.9 Å². The van der Waals surface area contributed by atoms with Crippen molar-refractivity contribution < 1.29 is 42.2 Å². The van der Waals surface area contributed by atoms with Gasteiger partial charge in [0.2, 0.25) is 5.91 Å². The fourth-order valence-electron chi connectivity index (χ4n) is 7.41. The number of aliphatic hydroxyl groups excluding tert-OH is 1. The quantitative estimate of drug-likeness (QED) is 0.179. The Balaban J connectivity index is 1.26. The number of benzene rings is 2. The molecule has 12 nitrogen and oxygen atoms in total. The highest BCUT2D eigenvalue weighted by Crippen LogP contribution is 2.39. The molecule has 0 bridgehead atoms. The number of aliphatic hydroxyl groups is 1. The minimum atomic E-state index is -1.42. The first-order valence-electron chi connectivity index (χ1n) is 18.3. The topological polar surface area (TPSA) is 137 Å². The molecule has 2 aromatic carbocycles. The van der Waals surface area contributed by atoms with E-state index in [1.807, 2.05) is 30.3 Å². The van der Waals surface area contributed by atoms with Crippen molar-refractivity contribution in [3.8, 4) is 11.3 Å². The van der Waals surface area contributed by atoms with Gasteiger partial charge in [-0.25, -0.2) is 18.2 Å². The van der Waals surface area contributed by atoms with Gasteiger partial charge in [0.1, 0.15) is 29.7 Å². The molecule has 3 aliphatic heterocycles. The third kappa shape index (κ3) is 9.08. The minimum Gasteiger partial charge on any atom is -0.384 e. The average Bonchev–Trinajstić information content (AvgIpc) is 3.86. The van der Waals surface area contributed by atoms with Crippen LogP contribution in [0.25, 0.3) is 11.3 Å². The summed E-state index contributed by atoms with van der Waals surface area (Å²) in [6.07, 6.45) is 2.30. The first kappa shape index (κ1) is 38.9. The van der Waals surface area contributed by atoms with Gasteiger partial charge in [-0.15, -0.1) is 0 Å². The van der Waals surface area contributed by atoms with Crippen molar-refractivity contribution in [3.63, 3.8) is 0 Å². The molecular weight excluding hydrogens is 705 g/mol. The highest BCUT2D eigenvalue weighted by molar-refractivity contribution is 6.12. The number of hydrogen-bond donors (Lipinski definition) is 2. The number of carbonyl (C=O) groups is 4. The predicted molar refractivity (Wildman–Crippen MR) is 191 cm³/mol. The van der Waals surface area contributed by atoms with E-state index >= 15 is 8.78 Å². The Bertz CT molecular complexity index is 1830. The van der Waals surface area contributed by atoms with Gasteiger partial charge in [0.05, 0.1) is 37.9 Å². The number of alkyl halides is 1. The van der Waals surface area contributed by atoms with E-state index in [1.165, 1.54) is 24.0 Å². The Kier molecular flexibility index (Phi) is 12.6. The number of rotatable bonds is 15. The van der Waals surface area contributed by atoms with Crippen LogP contribution in [0.3, 0.4) is 0 Å². The van der Waals surface area contributed by atoms with Crippen LogP contribution in [0.2, 0.25) is 0 Å². The summed E-state index contributed by atoms with van der Waals surface area (Å²) >= 11 is 0. The van der Waals surface area contributed by atoms with Crippen molar-refractivity contribution >= 4 is 23.6 Å². The molecule has 3 aliphatic rings. The van der Waals surface area contributed by atoms with Crippen LogP contribution in [0.1, 0.15) is 43.6 Å². The van der Waals surface area contributed by atoms with E-state index in [0.29, 0.717) is 38.3 Å². The van der Waals surface area contributed by atoms with Gasteiger partial charge >= 0.3 is 0 Å². The second kappa shape index (κ2) is 17.5. The normalized spacial score (nSPS) is 20.2. The van der Waals surface area contributed by atoms with Crippen molar-refractivity contribution in [1.82, 2.24) is 29.6 Å². The molecule has 0 spiro atoms. The van der Waals surface area contributed by atoms with Crippen LogP contribution in [-0.2, 0) is 30.5 Å². The lowest BCUT2D eigenvalue weighted by atomic mass is 9.86. The van der Waals surface area contributed by atoms with Crippen LogP contribution in [0.15, 0.2) is 66.9 Å². The fourth-order valence-corrected chi connectivity index (χ4v) is 7.41. The summed E-state index contributed by atoms with van der Waals surface area (Å²) in [6, 6.07) is 11.7.